The monoisotopic (exact) mass is 279 g/mol. The third kappa shape index (κ3) is 2.64. The summed E-state index contributed by atoms with van der Waals surface area (Å²) in [4.78, 5) is 0. The molecule has 2 aliphatic rings. The maximum atomic E-state index is 11.8. The summed E-state index contributed by atoms with van der Waals surface area (Å²) in [6.45, 7) is 0. The molecule has 3 nitrogen and oxygen atoms in total. The zero-order chi connectivity index (χ0) is 13.5. The third-order valence-corrected chi connectivity index (χ3v) is 6.12. The Morgan fingerprint density at radius 3 is 2.68 bits per heavy atom. The van der Waals surface area contributed by atoms with Gasteiger partial charge in [-0.3, -0.25) is 0 Å². The van der Waals surface area contributed by atoms with Crippen molar-refractivity contribution < 1.29 is 8.42 Å². The quantitative estimate of drug-likeness (QED) is 0.925. The summed E-state index contributed by atoms with van der Waals surface area (Å²) in [5.74, 6) is 0. The highest BCUT2D eigenvalue weighted by molar-refractivity contribution is 7.91. The van der Waals surface area contributed by atoms with E-state index < -0.39 is 9.84 Å². The lowest BCUT2D eigenvalue weighted by Gasteiger charge is -2.21. The van der Waals surface area contributed by atoms with Crippen molar-refractivity contribution in [2.24, 2.45) is 0 Å². The van der Waals surface area contributed by atoms with Gasteiger partial charge in [0.05, 0.1) is 5.25 Å². The van der Waals surface area contributed by atoms with Gasteiger partial charge in [-0.1, -0.05) is 6.07 Å². The number of hydrogen-bond acceptors (Lipinski definition) is 3. The molecule has 2 unspecified atom stereocenters. The van der Waals surface area contributed by atoms with Crippen LogP contribution in [0.1, 0.15) is 36.8 Å². The molecule has 19 heavy (non-hydrogen) atoms. The first-order chi connectivity index (χ1) is 9.04. The Morgan fingerprint density at radius 2 is 1.89 bits per heavy atom. The summed E-state index contributed by atoms with van der Waals surface area (Å²) in [5.41, 5.74) is 3.97. The van der Waals surface area contributed by atoms with Crippen LogP contribution in [0, 0.1) is 0 Å². The molecule has 2 aliphatic carbocycles. The lowest BCUT2D eigenvalue weighted by molar-refractivity contribution is 0.579. The summed E-state index contributed by atoms with van der Waals surface area (Å²) >= 11 is 0. The number of hydrogen-bond donors (Lipinski definition) is 1. The van der Waals surface area contributed by atoms with Crippen LogP contribution in [-0.2, 0) is 22.7 Å². The van der Waals surface area contributed by atoms with Gasteiger partial charge >= 0.3 is 0 Å². The molecule has 0 saturated heterocycles. The molecule has 1 aromatic carbocycles. The van der Waals surface area contributed by atoms with Crippen LogP contribution >= 0.6 is 0 Å². The van der Waals surface area contributed by atoms with E-state index in [0.717, 1.165) is 31.4 Å². The van der Waals surface area contributed by atoms with Crippen molar-refractivity contribution in [1.29, 1.82) is 0 Å². The Balaban J connectivity index is 1.78. The van der Waals surface area contributed by atoms with Crippen molar-refractivity contribution in [1.82, 2.24) is 0 Å². The van der Waals surface area contributed by atoms with Crippen LogP contribution in [0.15, 0.2) is 18.2 Å². The van der Waals surface area contributed by atoms with E-state index in [-0.39, 0.29) is 11.3 Å². The molecule has 4 heteroatoms. The number of sulfone groups is 1. The van der Waals surface area contributed by atoms with Crippen LogP contribution in [0.3, 0.4) is 0 Å². The molecule has 0 aromatic heterocycles. The number of rotatable bonds is 3. The minimum Gasteiger partial charge on any atom is -0.381 e. The van der Waals surface area contributed by atoms with Crippen LogP contribution < -0.4 is 5.32 Å². The van der Waals surface area contributed by atoms with Gasteiger partial charge in [0, 0.05) is 18.0 Å². The number of nitrogens with one attached hydrogen (secondary N) is 1. The minimum absolute atomic E-state index is 0.0782. The highest BCUT2D eigenvalue weighted by Crippen LogP contribution is 2.30. The molecular weight excluding hydrogens is 258 g/mol. The summed E-state index contributed by atoms with van der Waals surface area (Å²) in [5, 5.41) is 3.23. The fraction of sp³-hybridized carbons (Fsp3) is 0.600. The van der Waals surface area contributed by atoms with E-state index in [1.807, 2.05) is 0 Å². The van der Waals surface area contributed by atoms with Gasteiger partial charge in [0.25, 0.3) is 0 Å². The van der Waals surface area contributed by atoms with E-state index >= 15 is 0 Å². The van der Waals surface area contributed by atoms with Crippen LogP contribution in [0.2, 0.25) is 0 Å². The Morgan fingerprint density at radius 1 is 1.11 bits per heavy atom. The second kappa shape index (κ2) is 4.82. The van der Waals surface area contributed by atoms with E-state index in [1.54, 1.807) is 0 Å². The molecule has 3 rings (SSSR count). The molecule has 104 valence electrons. The van der Waals surface area contributed by atoms with E-state index in [9.17, 15) is 8.42 Å². The maximum Gasteiger partial charge on any atom is 0.152 e. The molecule has 1 aromatic rings. The Bertz CT molecular complexity index is 580. The highest BCUT2D eigenvalue weighted by atomic mass is 32.2. The molecule has 1 fully saturated rings. The lowest BCUT2D eigenvalue weighted by atomic mass is 10.1. The van der Waals surface area contributed by atoms with Gasteiger partial charge in [-0.2, -0.15) is 0 Å². The smallest absolute Gasteiger partial charge is 0.152 e. The van der Waals surface area contributed by atoms with Crippen molar-refractivity contribution in [2.75, 3.05) is 11.6 Å². The number of fused-ring (bicyclic) bond motifs is 1. The molecule has 0 aliphatic heterocycles. The van der Waals surface area contributed by atoms with E-state index in [2.05, 4.69) is 23.5 Å². The van der Waals surface area contributed by atoms with Crippen molar-refractivity contribution in [3.63, 3.8) is 0 Å². The first-order valence-corrected chi connectivity index (χ1v) is 9.07. The summed E-state index contributed by atoms with van der Waals surface area (Å²) in [6.07, 6.45) is 7.70. The van der Waals surface area contributed by atoms with Crippen molar-refractivity contribution in [2.45, 2.75) is 49.8 Å². The minimum atomic E-state index is -2.95. The van der Waals surface area contributed by atoms with Gasteiger partial charge in [-0.05, 0) is 61.8 Å². The number of aryl methyl sites for hydroxylation is 2. The SMILES string of the molecule is CS(=O)(=O)C1CCCC1Nc1ccc2c(c1)CCC2. The van der Waals surface area contributed by atoms with Crippen molar-refractivity contribution in [3.8, 4) is 0 Å². The molecule has 0 heterocycles. The Labute approximate surface area is 115 Å². The molecule has 0 radical (unpaired) electrons. The average molecular weight is 279 g/mol. The van der Waals surface area contributed by atoms with E-state index in [4.69, 9.17) is 0 Å². The fourth-order valence-electron chi connectivity index (χ4n) is 3.48. The maximum absolute atomic E-state index is 11.8. The average Bonchev–Trinajstić information content (AvgIpc) is 2.95. The van der Waals surface area contributed by atoms with Gasteiger partial charge < -0.3 is 5.32 Å². The normalized spacial score (nSPS) is 26.4. The third-order valence-electron chi connectivity index (χ3n) is 4.45. The highest BCUT2D eigenvalue weighted by Gasteiger charge is 2.34. The summed E-state index contributed by atoms with van der Waals surface area (Å²) in [7, 11) is -2.95. The topological polar surface area (TPSA) is 46.2 Å². The molecular formula is C15H21NO2S. The first kappa shape index (κ1) is 13.0. The zero-order valence-electron chi connectivity index (χ0n) is 11.4. The summed E-state index contributed by atoms with van der Waals surface area (Å²) in [6, 6.07) is 6.58. The molecule has 0 spiro atoms. The fourth-order valence-corrected chi connectivity index (χ4v) is 4.88. The largest absolute Gasteiger partial charge is 0.381 e. The predicted octanol–water partition coefficient (Wildman–Crippen LogP) is 2.55. The van der Waals surface area contributed by atoms with Gasteiger partial charge in [0.1, 0.15) is 0 Å². The standard InChI is InChI=1S/C15H21NO2S/c1-19(17,18)15-7-3-6-14(15)16-13-9-8-11-4-2-5-12(11)10-13/h8-10,14-16H,2-7H2,1H3. The number of anilines is 1. The predicted molar refractivity (Wildman–Crippen MR) is 78.4 cm³/mol. The van der Waals surface area contributed by atoms with Crippen LogP contribution in [0.4, 0.5) is 5.69 Å². The second-order valence-electron chi connectivity index (χ2n) is 5.89. The molecule has 0 bridgehead atoms. The van der Waals surface area contributed by atoms with Crippen LogP contribution in [0.25, 0.3) is 0 Å². The van der Waals surface area contributed by atoms with Crippen molar-refractivity contribution in [3.05, 3.63) is 29.3 Å². The lowest BCUT2D eigenvalue weighted by Crippen LogP contribution is -2.34. The van der Waals surface area contributed by atoms with E-state index in [1.165, 1.54) is 30.2 Å². The van der Waals surface area contributed by atoms with Crippen LogP contribution in [-0.4, -0.2) is 26.0 Å². The number of benzene rings is 1. The molecule has 1 N–H and O–H groups in total. The van der Waals surface area contributed by atoms with E-state index in [0.29, 0.717) is 0 Å². The van der Waals surface area contributed by atoms with Gasteiger partial charge in [0.2, 0.25) is 0 Å². The summed E-state index contributed by atoms with van der Waals surface area (Å²) < 4.78 is 23.6. The Hall–Kier alpha value is -1.03. The van der Waals surface area contributed by atoms with Gasteiger partial charge in [-0.25, -0.2) is 8.42 Å². The molecule has 0 amide bonds. The van der Waals surface area contributed by atoms with Gasteiger partial charge in [-0.15, -0.1) is 0 Å². The second-order valence-corrected chi connectivity index (χ2v) is 8.15. The van der Waals surface area contributed by atoms with Gasteiger partial charge in [0.15, 0.2) is 9.84 Å². The van der Waals surface area contributed by atoms with Crippen molar-refractivity contribution >= 4 is 15.5 Å². The first-order valence-electron chi connectivity index (χ1n) is 7.11. The Kier molecular flexibility index (Phi) is 3.29. The van der Waals surface area contributed by atoms with Crippen LogP contribution in [0.5, 0.6) is 0 Å². The molecule has 2 atom stereocenters. The zero-order valence-corrected chi connectivity index (χ0v) is 12.2. The molecule has 1 saturated carbocycles.